The normalized spacial score (nSPS) is 14.7. The van der Waals surface area contributed by atoms with Crippen molar-refractivity contribution in [1.82, 2.24) is 5.48 Å². The molecule has 172 valence electrons. The molecule has 3 aromatic carbocycles. The number of rotatable bonds is 3. The number of aliphatic imine (C=N–C) groups is 2. The number of hydroxylamine groups is 1. The molecule has 1 aliphatic rings. The van der Waals surface area contributed by atoms with Gasteiger partial charge in [0.25, 0.3) is 5.69 Å². The zero-order chi connectivity index (χ0) is 24.2. The molecule has 3 aromatic rings. The summed E-state index contributed by atoms with van der Waals surface area (Å²) in [7, 11) is 0. The van der Waals surface area contributed by atoms with E-state index >= 15 is 0 Å². The zero-order valence-electron chi connectivity index (χ0n) is 17.7. The smallest absolute Gasteiger partial charge is 0.323 e. The number of hydrogen-bond acceptors (Lipinski definition) is 7. The highest BCUT2D eigenvalue weighted by atomic mass is 35.5. The number of carbonyl (C=O) groups excluding carboxylic acids is 1. The minimum Gasteiger partial charge on any atom is -0.323 e. The summed E-state index contributed by atoms with van der Waals surface area (Å²) >= 11 is 12.3. The molecule has 2 N–H and O–H groups in total. The average molecular weight is 498 g/mol. The van der Waals surface area contributed by atoms with Gasteiger partial charge in [0.2, 0.25) is 0 Å². The molecule has 1 unspecified atom stereocenters. The monoisotopic (exact) mass is 497 g/mol. The van der Waals surface area contributed by atoms with E-state index in [2.05, 4.69) is 15.8 Å². The van der Waals surface area contributed by atoms with Crippen LogP contribution in [0.15, 0.2) is 76.7 Å². The molecule has 0 aliphatic carbocycles. The Morgan fingerprint density at radius 2 is 1.85 bits per heavy atom. The van der Waals surface area contributed by atoms with E-state index in [4.69, 9.17) is 33.0 Å². The fourth-order valence-electron chi connectivity index (χ4n) is 3.26. The molecule has 0 saturated carbocycles. The lowest BCUT2D eigenvalue weighted by Gasteiger charge is -2.13. The van der Waals surface area contributed by atoms with Gasteiger partial charge in [0.15, 0.2) is 5.84 Å². The highest BCUT2D eigenvalue weighted by Crippen LogP contribution is 2.32. The van der Waals surface area contributed by atoms with Crippen molar-refractivity contribution in [3.63, 3.8) is 0 Å². The molecule has 0 spiro atoms. The number of fused-ring (bicyclic) bond motifs is 1. The van der Waals surface area contributed by atoms with Crippen LogP contribution in [0.1, 0.15) is 18.1 Å². The van der Waals surface area contributed by atoms with Crippen LogP contribution in [0.5, 0.6) is 0 Å². The van der Waals surface area contributed by atoms with E-state index in [1.165, 1.54) is 18.2 Å². The van der Waals surface area contributed by atoms with Gasteiger partial charge in [0.1, 0.15) is 6.04 Å². The molecule has 0 aromatic heterocycles. The van der Waals surface area contributed by atoms with E-state index in [0.717, 1.165) is 0 Å². The second-order valence-corrected chi connectivity index (χ2v) is 8.06. The van der Waals surface area contributed by atoms with E-state index in [-0.39, 0.29) is 11.5 Å². The fourth-order valence-corrected chi connectivity index (χ4v) is 3.67. The first-order chi connectivity index (χ1) is 16.3. The Morgan fingerprint density at radius 3 is 2.59 bits per heavy atom. The second kappa shape index (κ2) is 9.90. The van der Waals surface area contributed by atoms with Crippen molar-refractivity contribution in [3.05, 3.63) is 98.0 Å². The quantitative estimate of drug-likeness (QED) is 0.343. The third-order valence-electron chi connectivity index (χ3n) is 4.85. The van der Waals surface area contributed by atoms with Gasteiger partial charge in [-0.2, -0.15) is 0 Å². The lowest BCUT2D eigenvalue weighted by atomic mass is 10.00. The summed E-state index contributed by atoms with van der Waals surface area (Å²) in [6.45, 7) is 1.74. The van der Waals surface area contributed by atoms with Crippen LogP contribution in [0.4, 0.5) is 21.9 Å². The number of carbonyl (C=O) groups is 1. The van der Waals surface area contributed by atoms with Crippen LogP contribution in [-0.2, 0) is 4.84 Å². The van der Waals surface area contributed by atoms with Crippen molar-refractivity contribution < 1.29 is 14.6 Å². The van der Waals surface area contributed by atoms with Crippen molar-refractivity contribution in [2.45, 2.75) is 13.0 Å². The summed E-state index contributed by atoms with van der Waals surface area (Å²) in [6, 6.07) is 17.3. The van der Waals surface area contributed by atoms with Gasteiger partial charge in [-0.1, -0.05) is 47.5 Å². The first kappa shape index (κ1) is 23.2. The number of nitro groups is 1. The van der Waals surface area contributed by atoms with E-state index in [1.807, 2.05) is 0 Å². The van der Waals surface area contributed by atoms with Crippen molar-refractivity contribution >= 4 is 57.9 Å². The van der Waals surface area contributed by atoms with E-state index in [9.17, 15) is 14.9 Å². The third kappa shape index (κ3) is 5.16. The first-order valence-electron chi connectivity index (χ1n) is 10.0. The van der Waals surface area contributed by atoms with Gasteiger partial charge in [0.05, 0.1) is 16.3 Å². The number of non-ortho nitro benzene ring substituents is 1. The number of benzene rings is 3. The molecule has 1 aliphatic heterocycles. The van der Waals surface area contributed by atoms with E-state index in [1.54, 1.807) is 55.5 Å². The molecule has 9 nitrogen and oxygen atoms in total. The summed E-state index contributed by atoms with van der Waals surface area (Å²) in [5.74, 6) is 0.221. The van der Waals surface area contributed by atoms with Crippen molar-refractivity contribution in [3.8, 4) is 0 Å². The topological polar surface area (TPSA) is 118 Å². The highest BCUT2D eigenvalue weighted by Gasteiger charge is 2.25. The maximum atomic E-state index is 12.2. The molecule has 1 atom stereocenters. The number of halogens is 2. The summed E-state index contributed by atoms with van der Waals surface area (Å²) < 4.78 is 0. The molecule has 1 amide bonds. The van der Waals surface area contributed by atoms with Gasteiger partial charge in [-0.05, 0) is 37.3 Å². The number of amidine groups is 1. The summed E-state index contributed by atoms with van der Waals surface area (Å²) in [6.07, 6.45) is -0.791. The molecular weight excluding hydrogens is 481 g/mol. The lowest BCUT2D eigenvalue weighted by molar-refractivity contribution is -0.384. The van der Waals surface area contributed by atoms with E-state index in [0.29, 0.717) is 38.3 Å². The summed E-state index contributed by atoms with van der Waals surface area (Å²) in [5.41, 5.74) is 4.72. The minimum atomic E-state index is -0.791. The molecule has 0 fully saturated rings. The van der Waals surface area contributed by atoms with Gasteiger partial charge >= 0.3 is 6.09 Å². The Balaban J connectivity index is 1.65. The largest absolute Gasteiger partial charge is 0.435 e. The number of amides is 1. The molecule has 0 bridgehead atoms. The number of nitro benzene ring substituents is 1. The summed E-state index contributed by atoms with van der Waals surface area (Å²) in [5, 5.41) is 14.8. The van der Waals surface area contributed by atoms with Crippen molar-refractivity contribution in [2.24, 2.45) is 9.98 Å². The predicted molar refractivity (Wildman–Crippen MR) is 131 cm³/mol. The molecule has 4 rings (SSSR count). The van der Waals surface area contributed by atoms with Gasteiger partial charge in [-0.15, -0.1) is 0 Å². The van der Waals surface area contributed by atoms with Crippen LogP contribution in [0.3, 0.4) is 0 Å². The average Bonchev–Trinajstić information content (AvgIpc) is 2.94. The summed E-state index contributed by atoms with van der Waals surface area (Å²) in [4.78, 5) is 37.4. The number of nitrogens with zero attached hydrogens (tertiary/aromatic N) is 3. The van der Waals surface area contributed by atoms with Crippen molar-refractivity contribution in [1.29, 1.82) is 0 Å². The van der Waals surface area contributed by atoms with Crippen molar-refractivity contribution in [2.75, 3.05) is 5.32 Å². The molecule has 0 radical (unpaired) electrons. The van der Waals surface area contributed by atoms with Gasteiger partial charge in [0, 0.05) is 39.0 Å². The maximum Gasteiger partial charge on any atom is 0.435 e. The Labute approximate surface area is 204 Å². The lowest BCUT2D eigenvalue weighted by Crippen LogP contribution is -2.35. The highest BCUT2D eigenvalue weighted by molar-refractivity contribution is 6.36. The second-order valence-electron chi connectivity index (χ2n) is 7.22. The van der Waals surface area contributed by atoms with Crippen LogP contribution in [0.25, 0.3) is 0 Å². The van der Waals surface area contributed by atoms with Gasteiger partial charge in [-0.3, -0.25) is 20.4 Å². The Bertz CT molecular complexity index is 1340. The van der Waals surface area contributed by atoms with Crippen LogP contribution >= 0.6 is 23.2 Å². The maximum absolute atomic E-state index is 12.2. The molecule has 11 heteroatoms. The SMILES string of the molecule is CC1N=C(c2ccccc2Cl)c2cc([N+](=O)[O-])ccc2N=C1NOC(=O)Nc1cccc(Cl)c1. The fraction of sp³-hybridized carbons (Fsp3) is 0.0870. The van der Waals surface area contributed by atoms with Gasteiger partial charge < -0.3 is 4.84 Å². The third-order valence-corrected chi connectivity index (χ3v) is 5.42. The van der Waals surface area contributed by atoms with Crippen LogP contribution in [0, 0.1) is 10.1 Å². The number of hydrogen-bond donors (Lipinski definition) is 2. The minimum absolute atomic E-state index is 0.116. The molecule has 0 saturated heterocycles. The number of nitrogens with one attached hydrogen (secondary N) is 2. The zero-order valence-corrected chi connectivity index (χ0v) is 19.2. The van der Waals surface area contributed by atoms with Gasteiger partial charge in [-0.25, -0.2) is 15.3 Å². The van der Waals surface area contributed by atoms with Crippen LogP contribution in [0.2, 0.25) is 10.0 Å². The Morgan fingerprint density at radius 1 is 1.06 bits per heavy atom. The standard InChI is InChI=1S/C23H17Cl2N5O4/c1-13-22(29-34-23(31)27-15-6-4-5-14(24)11-15)28-20-10-9-16(30(32)33)12-18(20)21(26-13)17-7-2-3-8-19(17)25/h2-13H,1H3,(H,27,31)(H,28,29). The molecule has 1 heterocycles. The number of anilines is 1. The first-order valence-corrected chi connectivity index (χ1v) is 10.8. The van der Waals surface area contributed by atoms with Crippen LogP contribution < -0.4 is 10.8 Å². The molecular formula is C23H17Cl2N5O4. The predicted octanol–water partition coefficient (Wildman–Crippen LogP) is 5.92. The Hall–Kier alpha value is -3.95. The Kier molecular flexibility index (Phi) is 6.76. The van der Waals surface area contributed by atoms with E-state index < -0.39 is 17.1 Å². The molecule has 34 heavy (non-hydrogen) atoms. The van der Waals surface area contributed by atoms with Crippen LogP contribution in [-0.4, -0.2) is 28.6 Å².